The summed E-state index contributed by atoms with van der Waals surface area (Å²) in [4.78, 5) is 21.7. The summed E-state index contributed by atoms with van der Waals surface area (Å²) in [7, 11) is 1.59. The van der Waals surface area contributed by atoms with Gasteiger partial charge in [0, 0.05) is 12.5 Å². The third-order valence-corrected chi connectivity index (χ3v) is 6.53. The predicted molar refractivity (Wildman–Crippen MR) is 148 cm³/mol. The highest BCUT2D eigenvalue weighted by atomic mass is 32.1. The zero-order chi connectivity index (χ0) is 26.6. The summed E-state index contributed by atoms with van der Waals surface area (Å²) in [6.45, 7) is 1.25. The maximum absolute atomic E-state index is 11.9. The van der Waals surface area contributed by atoms with Gasteiger partial charge in [-0.15, -0.1) is 11.3 Å². The number of benzene rings is 3. The van der Waals surface area contributed by atoms with Crippen molar-refractivity contribution in [2.75, 3.05) is 38.9 Å². The number of oxime groups is 1. The van der Waals surface area contributed by atoms with Crippen LogP contribution >= 0.6 is 11.3 Å². The predicted octanol–water partition coefficient (Wildman–Crippen LogP) is 5.02. The molecule has 0 aliphatic rings. The SMILES string of the molecule is COCCOCCON=C(C(=O)O)c1csc(NC(c2ccccc2)(c2ccccc2)c2ccccc2)n1. The molecule has 9 heteroatoms. The number of carboxylic acids is 1. The molecule has 0 bridgehead atoms. The number of anilines is 1. The molecule has 0 aliphatic heterocycles. The highest BCUT2D eigenvalue weighted by molar-refractivity contribution is 7.14. The Labute approximate surface area is 225 Å². The van der Waals surface area contributed by atoms with Crippen molar-refractivity contribution in [2.24, 2.45) is 5.16 Å². The molecule has 3 aromatic carbocycles. The highest BCUT2D eigenvalue weighted by Crippen LogP contribution is 2.40. The van der Waals surface area contributed by atoms with Crippen LogP contribution in [0.15, 0.2) is 102 Å². The molecule has 0 atom stereocenters. The lowest BCUT2D eigenvalue weighted by molar-refractivity contribution is -0.129. The molecule has 0 fully saturated rings. The minimum absolute atomic E-state index is 0.106. The summed E-state index contributed by atoms with van der Waals surface area (Å²) in [5.41, 5.74) is 2.17. The van der Waals surface area contributed by atoms with Crippen molar-refractivity contribution in [3.05, 3.63) is 119 Å². The lowest BCUT2D eigenvalue weighted by Gasteiger charge is -2.36. The van der Waals surface area contributed by atoms with Gasteiger partial charge in [0.25, 0.3) is 0 Å². The second-order valence-electron chi connectivity index (χ2n) is 8.19. The molecular formula is C29H29N3O5S. The van der Waals surface area contributed by atoms with Crippen LogP contribution in [-0.2, 0) is 24.6 Å². The summed E-state index contributed by atoms with van der Waals surface area (Å²) < 4.78 is 10.2. The maximum Gasteiger partial charge on any atom is 0.360 e. The summed E-state index contributed by atoms with van der Waals surface area (Å²) in [6, 6.07) is 30.3. The molecule has 1 aromatic heterocycles. The molecule has 38 heavy (non-hydrogen) atoms. The number of carboxylic acid groups (broad SMARTS) is 1. The Kier molecular flexibility index (Phi) is 9.58. The molecule has 0 saturated heterocycles. The Morgan fingerprint density at radius 1 is 0.868 bits per heavy atom. The minimum atomic E-state index is -1.23. The molecule has 0 saturated carbocycles. The fourth-order valence-corrected chi connectivity index (χ4v) is 4.78. The quantitative estimate of drug-likeness (QED) is 0.102. The van der Waals surface area contributed by atoms with E-state index in [1.54, 1.807) is 12.5 Å². The first kappa shape index (κ1) is 27.0. The summed E-state index contributed by atoms with van der Waals surface area (Å²) in [5.74, 6) is -1.23. The van der Waals surface area contributed by atoms with Crippen molar-refractivity contribution < 1.29 is 24.2 Å². The van der Waals surface area contributed by atoms with Crippen LogP contribution in [-0.4, -0.2) is 55.3 Å². The lowest BCUT2D eigenvalue weighted by Crippen LogP contribution is -2.38. The van der Waals surface area contributed by atoms with Crippen molar-refractivity contribution in [1.29, 1.82) is 0 Å². The molecule has 196 valence electrons. The van der Waals surface area contributed by atoms with Gasteiger partial charge >= 0.3 is 5.97 Å². The van der Waals surface area contributed by atoms with Gasteiger partial charge in [0.05, 0.1) is 19.8 Å². The van der Waals surface area contributed by atoms with Crippen molar-refractivity contribution >= 4 is 28.1 Å². The molecule has 0 unspecified atom stereocenters. The number of hydrogen-bond acceptors (Lipinski definition) is 8. The molecule has 0 spiro atoms. The number of nitrogens with one attached hydrogen (secondary N) is 1. The van der Waals surface area contributed by atoms with E-state index in [4.69, 9.17) is 14.3 Å². The Bertz CT molecular complexity index is 1220. The van der Waals surface area contributed by atoms with Crippen molar-refractivity contribution in [3.63, 3.8) is 0 Å². The number of aromatic nitrogens is 1. The van der Waals surface area contributed by atoms with Gasteiger partial charge in [-0.25, -0.2) is 9.78 Å². The third-order valence-electron chi connectivity index (χ3n) is 5.77. The largest absolute Gasteiger partial charge is 0.476 e. The van der Waals surface area contributed by atoms with Crippen molar-refractivity contribution in [3.8, 4) is 0 Å². The number of rotatable bonds is 14. The lowest BCUT2D eigenvalue weighted by atomic mass is 9.77. The van der Waals surface area contributed by atoms with E-state index in [0.717, 1.165) is 16.7 Å². The monoisotopic (exact) mass is 531 g/mol. The fourth-order valence-electron chi connectivity index (χ4n) is 4.03. The third kappa shape index (κ3) is 6.44. The maximum atomic E-state index is 11.9. The number of hydrogen-bond donors (Lipinski definition) is 2. The second kappa shape index (κ2) is 13.5. The number of aliphatic carboxylic acids is 1. The molecule has 0 amide bonds. The Hall–Kier alpha value is -4.05. The molecule has 2 N–H and O–H groups in total. The van der Waals surface area contributed by atoms with Crippen LogP contribution < -0.4 is 5.32 Å². The molecule has 0 radical (unpaired) electrons. The number of nitrogens with zero attached hydrogens (tertiary/aromatic N) is 2. The first-order valence-electron chi connectivity index (χ1n) is 12.1. The Balaban J connectivity index is 1.66. The van der Waals surface area contributed by atoms with E-state index in [9.17, 15) is 9.90 Å². The zero-order valence-corrected chi connectivity index (χ0v) is 21.8. The second-order valence-corrected chi connectivity index (χ2v) is 9.05. The molecule has 8 nitrogen and oxygen atoms in total. The van der Waals surface area contributed by atoms with Gasteiger partial charge in [-0.1, -0.05) is 96.2 Å². The van der Waals surface area contributed by atoms with Gasteiger partial charge in [-0.05, 0) is 16.7 Å². The number of thiazole rings is 1. The summed E-state index contributed by atoms with van der Waals surface area (Å²) in [6.07, 6.45) is 0. The van der Waals surface area contributed by atoms with E-state index in [2.05, 4.69) is 51.9 Å². The van der Waals surface area contributed by atoms with Crippen LogP contribution in [0.2, 0.25) is 0 Å². The first-order valence-corrected chi connectivity index (χ1v) is 12.9. The average Bonchev–Trinajstić information content (AvgIpc) is 3.42. The van der Waals surface area contributed by atoms with Crippen LogP contribution in [0, 0.1) is 0 Å². The molecule has 4 rings (SSSR count). The number of carbonyl (C=O) groups is 1. The Morgan fingerprint density at radius 2 is 1.39 bits per heavy atom. The van der Waals surface area contributed by atoms with Gasteiger partial charge < -0.3 is 24.7 Å². The fraction of sp³-hybridized carbons (Fsp3) is 0.207. The van der Waals surface area contributed by atoms with Gasteiger partial charge in [0.1, 0.15) is 17.8 Å². The number of methoxy groups -OCH3 is 1. The Morgan fingerprint density at radius 3 is 1.89 bits per heavy atom. The van der Waals surface area contributed by atoms with Crippen LogP contribution in [0.5, 0.6) is 0 Å². The van der Waals surface area contributed by atoms with Gasteiger partial charge in [-0.2, -0.15) is 0 Å². The van der Waals surface area contributed by atoms with E-state index in [-0.39, 0.29) is 24.6 Å². The van der Waals surface area contributed by atoms with Crippen LogP contribution in [0.25, 0.3) is 0 Å². The highest BCUT2D eigenvalue weighted by Gasteiger charge is 2.37. The molecule has 4 aromatic rings. The van der Waals surface area contributed by atoms with Gasteiger partial charge in [0.2, 0.25) is 5.71 Å². The van der Waals surface area contributed by atoms with Crippen molar-refractivity contribution in [2.45, 2.75) is 5.54 Å². The van der Waals surface area contributed by atoms with E-state index in [1.165, 1.54) is 11.3 Å². The number of ether oxygens (including phenoxy) is 2. The minimum Gasteiger partial charge on any atom is -0.476 e. The molecule has 0 aliphatic carbocycles. The first-order chi connectivity index (χ1) is 18.6. The normalized spacial score (nSPS) is 11.8. The summed E-state index contributed by atoms with van der Waals surface area (Å²) in [5, 5.41) is 19.4. The average molecular weight is 532 g/mol. The van der Waals surface area contributed by atoms with Crippen molar-refractivity contribution in [1.82, 2.24) is 4.98 Å². The van der Waals surface area contributed by atoms with E-state index in [0.29, 0.717) is 18.3 Å². The van der Waals surface area contributed by atoms with Gasteiger partial charge in [-0.3, -0.25) is 0 Å². The zero-order valence-electron chi connectivity index (χ0n) is 20.9. The topological polar surface area (TPSA) is 102 Å². The summed E-state index contributed by atoms with van der Waals surface area (Å²) >= 11 is 1.30. The van der Waals surface area contributed by atoms with Crippen LogP contribution in [0.3, 0.4) is 0 Å². The smallest absolute Gasteiger partial charge is 0.360 e. The molecular weight excluding hydrogens is 502 g/mol. The van der Waals surface area contributed by atoms with Crippen LogP contribution in [0.1, 0.15) is 22.4 Å². The van der Waals surface area contributed by atoms with E-state index < -0.39 is 11.5 Å². The van der Waals surface area contributed by atoms with E-state index >= 15 is 0 Å². The van der Waals surface area contributed by atoms with E-state index in [1.807, 2.05) is 54.6 Å². The van der Waals surface area contributed by atoms with Gasteiger partial charge in [0.15, 0.2) is 5.13 Å². The van der Waals surface area contributed by atoms with Crippen LogP contribution in [0.4, 0.5) is 5.13 Å². The molecule has 1 heterocycles. The standard InChI is InChI=1S/C29H29N3O5S/c1-35-17-18-36-19-20-37-32-26(27(33)34)25-21-38-28(30-25)31-29(22-11-5-2-6-12-22,23-13-7-3-8-14-23)24-15-9-4-10-16-24/h2-16,21H,17-20H2,1H3,(H,30,31)(H,33,34).